The van der Waals surface area contributed by atoms with Crippen molar-refractivity contribution < 1.29 is 19.1 Å². The summed E-state index contributed by atoms with van der Waals surface area (Å²) in [4.78, 5) is 28.0. The average Bonchev–Trinajstić information content (AvgIpc) is 2.46. The maximum atomic E-state index is 11.3. The molecule has 0 aliphatic rings. The van der Waals surface area contributed by atoms with Gasteiger partial charge in [-0.3, -0.25) is 9.59 Å². The van der Waals surface area contributed by atoms with Gasteiger partial charge < -0.3 is 14.4 Å². The van der Waals surface area contributed by atoms with Crippen LogP contribution in [0.15, 0.2) is 18.3 Å². The van der Waals surface area contributed by atoms with E-state index >= 15 is 0 Å². The molecular formula is C12H13N3O4. The summed E-state index contributed by atoms with van der Waals surface area (Å²) in [5.74, 6) is -0.712. The second-order valence-corrected chi connectivity index (χ2v) is 3.52. The number of rotatable bonds is 5. The van der Waals surface area contributed by atoms with Crippen molar-refractivity contribution in [3.05, 3.63) is 23.9 Å². The van der Waals surface area contributed by atoms with Crippen molar-refractivity contribution in [2.75, 3.05) is 32.2 Å². The molecule has 1 rings (SSSR count). The number of pyridine rings is 1. The van der Waals surface area contributed by atoms with E-state index < -0.39 is 11.9 Å². The predicted octanol–water partition coefficient (Wildman–Crippen LogP) is 0.106. The lowest BCUT2D eigenvalue weighted by Gasteiger charge is -2.20. The predicted molar refractivity (Wildman–Crippen MR) is 65.2 cm³/mol. The van der Waals surface area contributed by atoms with Crippen LogP contribution in [0, 0.1) is 11.3 Å². The molecule has 0 N–H and O–H groups in total. The molecule has 0 aliphatic heterocycles. The van der Waals surface area contributed by atoms with Crippen LogP contribution in [0.2, 0.25) is 0 Å². The molecule has 0 bridgehead atoms. The summed E-state index contributed by atoms with van der Waals surface area (Å²) in [7, 11) is 2.50. The standard InChI is InChI=1S/C12H13N3O4/c1-18-11(16)7-15(8-12(17)19-2)10-5-9(6-13)3-4-14-10/h3-5H,7-8H2,1-2H3. The zero-order valence-electron chi connectivity index (χ0n) is 10.6. The number of hydrogen-bond acceptors (Lipinski definition) is 7. The topological polar surface area (TPSA) is 92.5 Å². The van der Waals surface area contributed by atoms with Crippen molar-refractivity contribution in [2.45, 2.75) is 0 Å². The fourth-order valence-electron chi connectivity index (χ4n) is 1.32. The third-order valence-corrected chi connectivity index (χ3v) is 2.29. The molecule has 0 fully saturated rings. The first kappa shape index (κ1) is 14.4. The van der Waals surface area contributed by atoms with E-state index in [-0.39, 0.29) is 13.1 Å². The number of hydrogen-bond donors (Lipinski definition) is 0. The number of ether oxygens (including phenoxy) is 2. The molecule has 19 heavy (non-hydrogen) atoms. The van der Waals surface area contributed by atoms with Gasteiger partial charge in [0.05, 0.1) is 25.9 Å². The Morgan fingerprint density at radius 3 is 2.37 bits per heavy atom. The van der Waals surface area contributed by atoms with Gasteiger partial charge >= 0.3 is 11.9 Å². The van der Waals surface area contributed by atoms with Crippen LogP contribution < -0.4 is 4.90 Å². The summed E-state index contributed by atoms with van der Waals surface area (Å²) in [6, 6.07) is 4.96. The number of aromatic nitrogens is 1. The van der Waals surface area contributed by atoms with Crippen molar-refractivity contribution in [1.82, 2.24) is 4.98 Å². The lowest BCUT2D eigenvalue weighted by molar-refractivity contribution is -0.140. The lowest BCUT2D eigenvalue weighted by atomic mass is 10.3. The van der Waals surface area contributed by atoms with E-state index in [1.54, 1.807) is 0 Å². The molecule has 0 atom stereocenters. The van der Waals surface area contributed by atoms with Gasteiger partial charge in [0, 0.05) is 6.20 Å². The van der Waals surface area contributed by atoms with Gasteiger partial charge in [-0.1, -0.05) is 0 Å². The van der Waals surface area contributed by atoms with Crippen LogP contribution in [0.3, 0.4) is 0 Å². The van der Waals surface area contributed by atoms with Gasteiger partial charge in [-0.05, 0) is 12.1 Å². The van der Waals surface area contributed by atoms with E-state index in [0.29, 0.717) is 11.4 Å². The van der Waals surface area contributed by atoms with Crippen molar-refractivity contribution in [3.8, 4) is 6.07 Å². The zero-order valence-corrected chi connectivity index (χ0v) is 10.6. The SMILES string of the molecule is COC(=O)CN(CC(=O)OC)c1cc(C#N)ccn1. The molecule has 0 saturated heterocycles. The van der Waals surface area contributed by atoms with E-state index in [1.165, 1.54) is 37.4 Å². The second kappa shape index (κ2) is 6.96. The van der Waals surface area contributed by atoms with E-state index in [4.69, 9.17) is 5.26 Å². The maximum absolute atomic E-state index is 11.3. The zero-order chi connectivity index (χ0) is 14.3. The first-order valence-electron chi connectivity index (χ1n) is 5.35. The number of carbonyl (C=O) groups excluding carboxylic acids is 2. The van der Waals surface area contributed by atoms with Crippen LogP contribution in [0.5, 0.6) is 0 Å². The Bertz CT molecular complexity index is 492. The minimum absolute atomic E-state index is 0.159. The normalized spacial score (nSPS) is 9.32. The quantitative estimate of drug-likeness (QED) is 0.696. The Hall–Kier alpha value is -2.62. The molecule has 1 heterocycles. The summed E-state index contributed by atoms with van der Waals surface area (Å²) >= 11 is 0. The third kappa shape index (κ3) is 4.27. The largest absolute Gasteiger partial charge is 0.468 e. The Kier molecular flexibility index (Phi) is 5.29. The minimum atomic E-state index is -0.520. The Morgan fingerprint density at radius 1 is 1.32 bits per heavy atom. The summed E-state index contributed by atoms with van der Waals surface area (Å²) < 4.78 is 9.10. The molecule has 1 aromatic rings. The maximum Gasteiger partial charge on any atom is 0.325 e. The Morgan fingerprint density at radius 2 is 1.89 bits per heavy atom. The highest BCUT2D eigenvalue weighted by Crippen LogP contribution is 2.12. The molecule has 0 aromatic carbocycles. The van der Waals surface area contributed by atoms with Crippen LogP contribution in [-0.2, 0) is 19.1 Å². The molecule has 7 heteroatoms. The first-order chi connectivity index (χ1) is 9.10. The van der Waals surface area contributed by atoms with Crippen LogP contribution in [0.25, 0.3) is 0 Å². The lowest BCUT2D eigenvalue weighted by Crippen LogP contribution is -2.36. The van der Waals surface area contributed by atoms with Crippen molar-refractivity contribution in [3.63, 3.8) is 0 Å². The number of nitriles is 1. The summed E-state index contributed by atoms with van der Waals surface area (Å²) in [5, 5.41) is 8.82. The molecule has 0 aliphatic carbocycles. The van der Waals surface area contributed by atoms with Gasteiger partial charge in [0.15, 0.2) is 0 Å². The number of nitrogens with zero attached hydrogens (tertiary/aromatic N) is 3. The monoisotopic (exact) mass is 263 g/mol. The van der Waals surface area contributed by atoms with E-state index in [0.717, 1.165) is 0 Å². The van der Waals surface area contributed by atoms with Gasteiger partial charge in [0.2, 0.25) is 0 Å². The minimum Gasteiger partial charge on any atom is -0.468 e. The molecular weight excluding hydrogens is 250 g/mol. The summed E-state index contributed by atoms with van der Waals surface area (Å²) in [5.41, 5.74) is 0.379. The molecule has 0 unspecified atom stereocenters. The second-order valence-electron chi connectivity index (χ2n) is 3.52. The van der Waals surface area contributed by atoms with Crippen molar-refractivity contribution >= 4 is 17.8 Å². The summed E-state index contributed by atoms with van der Waals surface area (Å²) in [6.45, 7) is -0.318. The Labute approximate surface area is 110 Å². The molecule has 0 radical (unpaired) electrons. The third-order valence-electron chi connectivity index (χ3n) is 2.29. The molecule has 7 nitrogen and oxygen atoms in total. The molecule has 0 amide bonds. The van der Waals surface area contributed by atoms with E-state index in [9.17, 15) is 9.59 Å². The molecule has 1 aromatic heterocycles. The first-order valence-corrected chi connectivity index (χ1v) is 5.35. The highest BCUT2D eigenvalue weighted by Gasteiger charge is 2.17. The van der Waals surface area contributed by atoms with Gasteiger partial charge in [0.25, 0.3) is 0 Å². The molecule has 0 spiro atoms. The van der Waals surface area contributed by atoms with Gasteiger partial charge in [-0.15, -0.1) is 0 Å². The van der Waals surface area contributed by atoms with Crippen molar-refractivity contribution in [2.24, 2.45) is 0 Å². The van der Waals surface area contributed by atoms with Gasteiger partial charge in [-0.2, -0.15) is 5.26 Å². The van der Waals surface area contributed by atoms with Crippen LogP contribution in [0.4, 0.5) is 5.82 Å². The van der Waals surface area contributed by atoms with Gasteiger partial charge in [0.1, 0.15) is 18.9 Å². The van der Waals surface area contributed by atoms with E-state index in [2.05, 4.69) is 14.5 Å². The number of carbonyl (C=O) groups is 2. The molecule has 100 valence electrons. The Balaban J connectivity index is 2.97. The van der Waals surface area contributed by atoms with Crippen LogP contribution >= 0.6 is 0 Å². The van der Waals surface area contributed by atoms with Crippen LogP contribution in [0.1, 0.15) is 5.56 Å². The van der Waals surface area contributed by atoms with E-state index in [1.807, 2.05) is 6.07 Å². The highest BCUT2D eigenvalue weighted by molar-refractivity contribution is 5.80. The summed E-state index contributed by atoms with van der Waals surface area (Å²) in [6.07, 6.45) is 1.43. The smallest absolute Gasteiger partial charge is 0.325 e. The fraction of sp³-hybridized carbons (Fsp3) is 0.333. The average molecular weight is 263 g/mol. The van der Waals surface area contributed by atoms with Crippen molar-refractivity contribution in [1.29, 1.82) is 5.26 Å². The molecule has 0 saturated carbocycles. The van der Waals surface area contributed by atoms with Crippen LogP contribution in [-0.4, -0.2) is 44.2 Å². The fourth-order valence-corrected chi connectivity index (χ4v) is 1.32. The number of esters is 2. The van der Waals surface area contributed by atoms with Gasteiger partial charge in [-0.25, -0.2) is 4.98 Å². The number of methoxy groups -OCH3 is 2. The highest BCUT2D eigenvalue weighted by atomic mass is 16.5. The number of anilines is 1.